The maximum atomic E-state index is 10.7. The van der Waals surface area contributed by atoms with Gasteiger partial charge in [-0.2, -0.15) is 7.11 Å². The average Bonchev–Trinajstić information content (AvgIpc) is 2.72. The minimum absolute atomic E-state index is 0.00824. The molecule has 0 aliphatic heterocycles. The van der Waals surface area contributed by atoms with Crippen molar-refractivity contribution in [2.45, 2.75) is 20.8 Å². The fourth-order valence-electron chi connectivity index (χ4n) is 0.834. The zero-order valence-electron chi connectivity index (χ0n) is 19.9. The van der Waals surface area contributed by atoms with Gasteiger partial charge >= 0.3 is 17.9 Å². The third kappa shape index (κ3) is 32.3. The number of hydrogen-bond acceptors (Lipinski definition) is 10. The minimum atomic E-state index is -0.449. The van der Waals surface area contributed by atoms with E-state index in [0.717, 1.165) is 12.0 Å². The number of nitrogens with one attached hydrogen (secondary N) is 2. The Labute approximate surface area is 185 Å². The molecule has 0 aromatic rings. The van der Waals surface area contributed by atoms with Crippen LogP contribution in [0.15, 0.2) is 36.5 Å². The molecule has 0 aromatic heterocycles. The summed E-state index contributed by atoms with van der Waals surface area (Å²) in [5.74, 6) is -1.19. The Morgan fingerprint density at radius 2 is 1.16 bits per heavy atom. The van der Waals surface area contributed by atoms with Crippen LogP contribution >= 0.6 is 0 Å². The molecule has 182 valence electrons. The molecule has 0 atom stereocenters. The number of carbonyl (C=O) groups excluding carboxylic acids is 3. The number of hydroxylamine groups is 1. The third-order valence-corrected chi connectivity index (χ3v) is 2.24. The molecule has 0 aliphatic rings. The zero-order chi connectivity index (χ0) is 25.4. The number of methoxy groups -OCH3 is 1. The van der Waals surface area contributed by atoms with Crippen molar-refractivity contribution in [1.82, 2.24) is 5.48 Å². The van der Waals surface area contributed by atoms with Gasteiger partial charge in [-0.15, -0.1) is 0 Å². The molecule has 0 aromatic carbocycles. The molecule has 0 heterocycles. The van der Waals surface area contributed by atoms with Gasteiger partial charge in [-0.05, 0) is 20.8 Å². The molecular formula is C20H38N2O9. The SMILES string of the molecule is C=C(C)C(=O)OCOC.C=C(C)C(=O)OCONC.C=C(C)C(=O)OC[NH+](C)C.C[O-]. The van der Waals surface area contributed by atoms with Gasteiger partial charge in [0, 0.05) is 30.9 Å². The second-order valence-corrected chi connectivity index (χ2v) is 5.86. The Morgan fingerprint density at radius 3 is 1.45 bits per heavy atom. The highest BCUT2D eigenvalue weighted by Gasteiger charge is 2.03. The Bertz CT molecular complexity index is 547. The van der Waals surface area contributed by atoms with Crippen LogP contribution in [0.25, 0.3) is 0 Å². The summed E-state index contributed by atoms with van der Waals surface area (Å²) >= 11 is 0. The van der Waals surface area contributed by atoms with Crippen LogP contribution in [0.4, 0.5) is 0 Å². The van der Waals surface area contributed by atoms with Gasteiger partial charge in [0.05, 0.1) is 14.1 Å². The molecule has 0 saturated heterocycles. The van der Waals surface area contributed by atoms with Gasteiger partial charge in [0.2, 0.25) is 13.5 Å². The molecule has 0 aliphatic carbocycles. The molecule has 2 N–H and O–H groups in total. The van der Waals surface area contributed by atoms with Crippen molar-refractivity contribution >= 4 is 17.9 Å². The van der Waals surface area contributed by atoms with Crippen molar-refractivity contribution < 1.29 is 48.2 Å². The molecule has 0 radical (unpaired) electrons. The monoisotopic (exact) mass is 450 g/mol. The summed E-state index contributed by atoms with van der Waals surface area (Å²) in [6.45, 7) is 15.3. The number of rotatable bonds is 10. The van der Waals surface area contributed by atoms with Crippen LogP contribution in [0, 0.1) is 0 Å². The summed E-state index contributed by atoms with van der Waals surface area (Å²) < 4.78 is 18.3. The molecule has 31 heavy (non-hydrogen) atoms. The quantitative estimate of drug-likeness (QED) is 0.108. The molecule has 0 rings (SSSR count). The Hall–Kier alpha value is -2.57. The van der Waals surface area contributed by atoms with Gasteiger partial charge in [-0.3, -0.25) is 4.84 Å². The number of carbonyl (C=O) groups is 3. The Balaban J connectivity index is -0.000000169. The van der Waals surface area contributed by atoms with Crippen molar-refractivity contribution in [1.29, 1.82) is 0 Å². The highest BCUT2D eigenvalue weighted by Crippen LogP contribution is 1.91. The predicted octanol–water partition coefficient (Wildman–Crippen LogP) is -0.892. The van der Waals surface area contributed by atoms with E-state index in [2.05, 4.69) is 44.3 Å². The van der Waals surface area contributed by atoms with Crippen LogP contribution in [-0.4, -0.2) is 73.6 Å². The predicted molar refractivity (Wildman–Crippen MR) is 113 cm³/mol. The lowest BCUT2D eigenvalue weighted by molar-refractivity contribution is -0.877. The number of ether oxygens (including phenoxy) is 4. The van der Waals surface area contributed by atoms with Crippen molar-refractivity contribution in [3.8, 4) is 0 Å². The molecule has 0 saturated carbocycles. The highest BCUT2D eigenvalue weighted by atomic mass is 16.8. The number of hydrogen-bond donors (Lipinski definition) is 2. The minimum Gasteiger partial charge on any atom is -0.857 e. The lowest BCUT2D eigenvalue weighted by Crippen LogP contribution is -3.06. The molecule has 11 nitrogen and oxygen atoms in total. The average molecular weight is 451 g/mol. The molecule has 0 fully saturated rings. The lowest BCUT2D eigenvalue weighted by atomic mass is 10.4. The van der Waals surface area contributed by atoms with Crippen molar-refractivity contribution in [2.24, 2.45) is 0 Å². The maximum absolute atomic E-state index is 10.7. The van der Waals surface area contributed by atoms with E-state index in [1.165, 1.54) is 7.11 Å². The van der Waals surface area contributed by atoms with E-state index >= 15 is 0 Å². The van der Waals surface area contributed by atoms with E-state index in [0.29, 0.717) is 23.5 Å². The first-order chi connectivity index (χ1) is 14.4. The zero-order valence-corrected chi connectivity index (χ0v) is 19.9. The Kier molecular flexibility index (Phi) is 29.4. The van der Waals surface area contributed by atoms with Crippen molar-refractivity contribution in [2.75, 3.05) is 55.7 Å². The topological polar surface area (TPSA) is 137 Å². The van der Waals surface area contributed by atoms with E-state index in [4.69, 9.17) is 9.84 Å². The smallest absolute Gasteiger partial charge is 0.337 e. The molecule has 0 spiro atoms. The van der Waals surface area contributed by atoms with Gasteiger partial charge in [0.25, 0.3) is 0 Å². The van der Waals surface area contributed by atoms with E-state index in [-0.39, 0.29) is 19.6 Å². The molecule has 0 bridgehead atoms. The van der Waals surface area contributed by atoms with Crippen LogP contribution in [0.3, 0.4) is 0 Å². The normalized spacial score (nSPS) is 8.71. The fourth-order valence-corrected chi connectivity index (χ4v) is 0.834. The van der Waals surface area contributed by atoms with Crippen molar-refractivity contribution in [3.05, 3.63) is 36.5 Å². The summed E-state index contributed by atoms with van der Waals surface area (Å²) in [6, 6.07) is 0. The first-order valence-electron chi connectivity index (χ1n) is 8.85. The van der Waals surface area contributed by atoms with E-state index in [9.17, 15) is 14.4 Å². The van der Waals surface area contributed by atoms with Gasteiger partial charge in [0.15, 0.2) is 6.79 Å². The standard InChI is InChI=1S/C7H13NO2.C6H11NO3.C6H10O3.CH3O/c1-6(2)7(9)10-5-8(3)4;1-5(2)6(8)9-4-10-7-3;1-5(2)6(7)9-4-8-3;1-2/h1,5H2,2-4H3;7H,1,4H2,2-3H3;1,4H2,2-3H3;1H3/q;;;-1/p+1. The summed E-state index contributed by atoms with van der Waals surface area (Å²) in [5.41, 5.74) is 3.54. The lowest BCUT2D eigenvalue weighted by Gasteiger charge is -2.06. The third-order valence-electron chi connectivity index (χ3n) is 2.24. The molecular weight excluding hydrogens is 412 g/mol. The van der Waals surface area contributed by atoms with Crippen LogP contribution in [0.5, 0.6) is 0 Å². The van der Waals surface area contributed by atoms with E-state index in [1.54, 1.807) is 27.8 Å². The largest absolute Gasteiger partial charge is 0.857 e. The maximum Gasteiger partial charge on any atom is 0.337 e. The molecule has 11 heteroatoms. The highest BCUT2D eigenvalue weighted by molar-refractivity contribution is 5.87. The van der Waals surface area contributed by atoms with E-state index < -0.39 is 11.9 Å². The first kappa shape index (κ1) is 35.8. The summed E-state index contributed by atoms with van der Waals surface area (Å²) in [6.07, 6.45) is 0. The fraction of sp³-hybridized carbons (Fsp3) is 0.550. The van der Waals surface area contributed by atoms with Crippen LogP contribution in [0.1, 0.15) is 20.8 Å². The number of quaternary nitrogens is 1. The second-order valence-electron chi connectivity index (χ2n) is 5.86. The van der Waals surface area contributed by atoms with Crippen LogP contribution < -0.4 is 15.5 Å². The summed E-state index contributed by atoms with van der Waals surface area (Å²) in [7, 11) is 7.59. The summed E-state index contributed by atoms with van der Waals surface area (Å²) in [5, 5.41) is 8.25. The Morgan fingerprint density at radius 1 is 0.806 bits per heavy atom. The van der Waals surface area contributed by atoms with Gasteiger partial charge in [-0.25, -0.2) is 19.9 Å². The van der Waals surface area contributed by atoms with Crippen LogP contribution in [0.2, 0.25) is 0 Å². The molecule has 0 amide bonds. The second kappa shape index (κ2) is 25.5. The van der Waals surface area contributed by atoms with Gasteiger partial charge in [-0.1, -0.05) is 19.7 Å². The molecule has 0 unspecified atom stereocenters. The van der Waals surface area contributed by atoms with E-state index in [1.807, 2.05) is 14.1 Å². The van der Waals surface area contributed by atoms with Gasteiger partial charge in [0.1, 0.15) is 0 Å². The number of esters is 3. The van der Waals surface area contributed by atoms with Crippen molar-refractivity contribution in [3.63, 3.8) is 0 Å². The van der Waals surface area contributed by atoms with Crippen LogP contribution in [-0.2, 0) is 38.2 Å². The first-order valence-corrected chi connectivity index (χ1v) is 8.85. The summed E-state index contributed by atoms with van der Waals surface area (Å²) in [4.78, 5) is 37.4. The van der Waals surface area contributed by atoms with Gasteiger partial charge < -0.3 is 29.0 Å².